The van der Waals surface area contributed by atoms with E-state index in [0.717, 1.165) is 28.4 Å². The van der Waals surface area contributed by atoms with Crippen molar-refractivity contribution in [2.45, 2.75) is 12.8 Å². The van der Waals surface area contributed by atoms with Crippen LogP contribution in [-0.2, 0) is 6.42 Å². The fraction of sp³-hybridized carbons (Fsp3) is 0.200. The summed E-state index contributed by atoms with van der Waals surface area (Å²) in [5.41, 5.74) is 2.23. The highest BCUT2D eigenvalue weighted by atomic mass is 79.9. The summed E-state index contributed by atoms with van der Waals surface area (Å²) in [7, 11) is 0. The lowest BCUT2D eigenvalue weighted by atomic mass is 9.97. The van der Waals surface area contributed by atoms with Crippen molar-refractivity contribution < 1.29 is 4.39 Å². The second-order valence-corrected chi connectivity index (χ2v) is 3.76. The van der Waals surface area contributed by atoms with Crippen LogP contribution in [0.25, 0.3) is 6.08 Å². The summed E-state index contributed by atoms with van der Waals surface area (Å²) in [6.45, 7) is 0. The first-order valence-corrected chi connectivity index (χ1v) is 4.71. The van der Waals surface area contributed by atoms with Crippen molar-refractivity contribution in [2.75, 3.05) is 0 Å². The Bertz CT molecular complexity index is 342. The van der Waals surface area contributed by atoms with E-state index in [1.165, 1.54) is 6.07 Å². The Kier molecular flexibility index (Phi) is 2.01. The highest BCUT2D eigenvalue weighted by Gasteiger charge is 2.09. The molecular formula is C10H8BrF. The molecule has 1 aromatic carbocycles. The zero-order chi connectivity index (χ0) is 8.55. The standard InChI is InChI=1S/C10H8BrF/c11-10-6-8(12)5-7-3-1-2-4-9(7)10/h2,4-6H,1,3H2. The molecule has 2 rings (SSSR count). The Morgan fingerprint density at radius 1 is 1.33 bits per heavy atom. The number of aryl methyl sites for hydroxylation is 1. The van der Waals surface area contributed by atoms with E-state index < -0.39 is 0 Å². The topological polar surface area (TPSA) is 0 Å². The van der Waals surface area contributed by atoms with Gasteiger partial charge in [0.1, 0.15) is 5.82 Å². The van der Waals surface area contributed by atoms with Gasteiger partial charge in [0.15, 0.2) is 0 Å². The largest absolute Gasteiger partial charge is 0.207 e. The van der Waals surface area contributed by atoms with Gasteiger partial charge in [0, 0.05) is 4.47 Å². The van der Waals surface area contributed by atoms with Gasteiger partial charge in [0.05, 0.1) is 0 Å². The van der Waals surface area contributed by atoms with Gasteiger partial charge in [-0.2, -0.15) is 0 Å². The van der Waals surface area contributed by atoms with Crippen LogP contribution in [0.2, 0.25) is 0 Å². The molecule has 0 heterocycles. The Morgan fingerprint density at radius 2 is 2.17 bits per heavy atom. The zero-order valence-corrected chi connectivity index (χ0v) is 8.07. The van der Waals surface area contributed by atoms with E-state index in [0.29, 0.717) is 0 Å². The average molecular weight is 227 g/mol. The van der Waals surface area contributed by atoms with Crippen LogP contribution in [0.15, 0.2) is 22.7 Å². The lowest BCUT2D eigenvalue weighted by molar-refractivity contribution is 0.624. The van der Waals surface area contributed by atoms with E-state index in [-0.39, 0.29) is 5.82 Å². The first-order chi connectivity index (χ1) is 5.77. The summed E-state index contributed by atoms with van der Waals surface area (Å²) in [6.07, 6.45) is 6.12. The third-order valence-corrected chi connectivity index (χ3v) is 2.70. The molecule has 0 atom stereocenters. The van der Waals surface area contributed by atoms with Gasteiger partial charge in [0.25, 0.3) is 0 Å². The molecule has 0 aliphatic heterocycles. The molecule has 1 aromatic rings. The molecule has 0 radical (unpaired) electrons. The maximum absolute atomic E-state index is 12.9. The van der Waals surface area contributed by atoms with Crippen LogP contribution >= 0.6 is 15.9 Å². The maximum atomic E-state index is 12.9. The van der Waals surface area contributed by atoms with Gasteiger partial charge < -0.3 is 0 Å². The van der Waals surface area contributed by atoms with Gasteiger partial charge in [-0.25, -0.2) is 4.39 Å². The van der Waals surface area contributed by atoms with Gasteiger partial charge in [0.2, 0.25) is 0 Å². The number of benzene rings is 1. The second kappa shape index (κ2) is 3.02. The van der Waals surface area contributed by atoms with Gasteiger partial charge >= 0.3 is 0 Å². The Labute approximate surface area is 79.2 Å². The minimum atomic E-state index is -0.157. The number of hydrogen-bond donors (Lipinski definition) is 0. The summed E-state index contributed by atoms with van der Waals surface area (Å²) in [5, 5.41) is 0. The lowest BCUT2D eigenvalue weighted by Crippen LogP contribution is -1.95. The summed E-state index contributed by atoms with van der Waals surface area (Å²) < 4.78 is 13.8. The van der Waals surface area contributed by atoms with Crippen molar-refractivity contribution in [3.63, 3.8) is 0 Å². The van der Waals surface area contributed by atoms with E-state index in [2.05, 4.69) is 22.0 Å². The van der Waals surface area contributed by atoms with Crippen LogP contribution < -0.4 is 0 Å². The predicted molar refractivity (Wildman–Crippen MR) is 51.5 cm³/mol. The van der Waals surface area contributed by atoms with E-state index in [9.17, 15) is 4.39 Å². The third kappa shape index (κ3) is 1.31. The Balaban J connectivity index is 2.62. The van der Waals surface area contributed by atoms with Crippen LogP contribution in [0.4, 0.5) is 4.39 Å². The molecule has 62 valence electrons. The van der Waals surface area contributed by atoms with E-state index in [4.69, 9.17) is 0 Å². The normalized spacial score (nSPS) is 14.5. The molecule has 1 aliphatic carbocycles. The molecule has 0 unspecified atom stereocenters. The lowest BCUT2D eigenvalue weighted by Gasteiger charge is -2.11. The molecule has 0 amide bonds. The Hall–Kier alpha value is -0.630. The van der Waals surface area contributed by atoms with Crippen molar-refractivity contribution in [1.82, 2.24) is 0 Å². The first kappa shape index (κ1) is 7.99. The molecule has 0 N–H and O–H groups in total. The maximum Gasteiger partial charge on any atom is 0.124 e. The summed E-state index contributed by atoms with van der Waals surface area (Å²) >= 11 is 3.34. The molecule has 0 saturated carbocycles. The van der Waals surface area contributed by atoms with Crippen molar-refractivity contribution in [1.29, 1.82) is 0 Å². The highest BCUT2D eigenvalue weighted by Crippen LogP contribution is 2.27. The second-order valence-electron chi connectivity index (χ2n) is 2.90. The molecule has 12 heavy (non-hydrogen) atoms. The Morgan fingerprint density at radius 3 is 3.00 bits per heavy atom. The number of hydrogen-bond acceptors (Lipinski definition) is 0. The van der Waals surface area contributed by atoms with Crippen molar-refractivity contribution in [2.24, 2.45) is 0 Å². The van der Waals surface area contributed by atoms with Gasteiger partial charge in [-0.15, -0.1) is 0 Å². The van der Waals surface area contributed by atoms with Crippen molar-refractivity contribution >= 4 is 22.0 Å². The van der Waals surface area contributed by atoms with E-state index in [1.807, 2.05) is 6.08 Å². The van der Waals surface area contributed by atoms with Crippen molar-refractivity contribution in [3.05, 3.63) is 39.6 Å². The van der Waals surface area contributed by atoms with Gasteiger partial charge in [-0.3, -0.25) is 0 Å². The minimum absolute atomic E-state index is 0.157. The van der Waals surface area contributed by atoms with E-state index >= 15 is 0 Å². The van der Waals surface area contributed by atoms with Gasteiger partial charge in [-0.1, -0.05) is 28.1 Å². The molecular weight excluding hydrogens is 219 g/mol. The SMILES string of the molecule is Fc1cc(Br)c2c(c1)CCC=C2. The monoisotopic (exact) mass is 226 g/mol. The molecule has 0 spiro atoms. The summed E-state index contributed by atoms with van der Waals surface area (Å²) in [5.74, 6) is -0.157. The van der Waals surface area contributed by atoms with E-state index in [1.54, 1.807) is 6.07 Å². The fourth-order valence-corrected chi connectivity index (χ4v) is 2.08. The average Bonchev–Trinajstić information content (AvgIpc) is 2.04. The number of fused-ring (bicyclic) bond motifs is 1. The molecule has 0 bridgehead atoms. The number of rotatable bonds is 0. The number of allylic oxidation sites excluding steroid dienone is 1. The quantitative estimate of drug-likeness (QED) is 0.635. The minimum Gasteiger partial charge on any atom is -0.207 e. The molecule has 0 aromatic heterocycles. The number of halogens is 2. The van der Waals surface area contributed by atoms with Crippen molar-refractivity contribution in [3.8, 4) is 0 Å². The fourth-order valence-electron chi connectivity index (χ4n) is 1.47. The van der Waals surface area contributed by atoms with Crippen LogP contribution in [-0.4, -0.2) is 0 Å². The summed E-state index contributed by atoms with van der Waals surface area (Å²) in [6, 6.07) is 3.12. The zero-order valence-electron chi connectivity index (χ0n) is 6.48. The van der Waals surface area contributed by atoms with Crippen LogP contribution in [0.5, 0.6) is 0 Å². The smallest absolute Gasteiger partial charge is 0.124 e. The highest BCUT2D eigenvalue weighted by molar-refractivity contribution is 9.10. The molecule has 1 aliphatic rings. The molecule has 2 heteroatoms. The van der Waals surface area contributed by atoms with Gasteiger partial charge in [-0.05, 0) is 36.1 Å². The molecule has 0 fully saturated rings. The first-order valence-electron chi connectivity index (χ1n) is 3.92. The predicted octanol–water partition coefficient (Wildman–Crippen LogP) is 3.55. The van der Waals surface area contributed by atoms with Crippen LogP contribution in [0, 0.1) is 5.82 Å². The molecule has 0 nitrogen and oxygen atoms in total. The third-order valence-electron chi connectivity index (χ3n) is 2.04. The van der Waals surface area contributed by atoms with Crippen LogP contribution in [0.1, 0.15) is 17.5 Å². The summed E-state index contributed by atoms with van der Waals surface area (Å²) in [4.78, 5) is 0. The molecule has 0 saturated heterocycles. The van der Waals surface area contributed by atoms with Crippen LogP contribution in [0.3, 0.4) is 0 Å².